The Labute approximate surface area is 139 Å². The quantitative estimate of drug-likeness (QED) is 0.450. The molecule has 0 radical (unpaired) electrons. The molecular weight excluding hydrogens is 314 g/mol. The number of carbonyl (C=O) groups excluding carboxylic acids is 2. The van der Waals surface area contributed by atoms with E-state index in [1.165, 1.54) is 6.21 Å². The summed E-state index contributed by atoms with van der Waals surface area (Å²) < 4.78 is 10.8. The van der Waals surface area contributed by atoms with Crippen molar-refractivity contribution in [3.63, 3.8) is 0 Å². The van der Waals surface area contributed by atoms with Crippen molar-refractivity contribution < 1.29 is 24.2 Å². The highest BCUT2D eigenvalue weighted by molar-refractivity contribution is 5.82. The molecule has 0 aromatic heterocycles. The molecule has 3 N–H and O–H groups in total. The van der Waals surface area contributed by atoms with Crippen molar-refractivity contribution in [3.8, 4) is 5.75 Å². The van der Waals surface area contributed by atoms with E-state index in [1.807, 2.05) is 0 Å². The Kier molecular flexibility index (Phi) is 7.19. The first-order chi connectivity index (χ1) is 11.7. The molecule has 1 fully saturated rings. The maximum Gasteiger partial charge on any atom is 0.265 e. The number of nitrogens with zero attached hydrogens (tertiary/aromatic N) is 1. The molecular formula is C16H21N3O5. The fourth-order valence-electron chi connectivity index (χ4n) is 2.10. The van der Waals surface area contributed by atoms with Crippen LogP contribution in [0.1, 0.15) is 18.4 Å². The number of amides is 2. The molecule has 0 aliphatic carbocycles. The largest absolute Gasteiger partial charge is 0.484 e. The first-order valence-corrected chi connectivity index (χ1v) is 7.71. The van der Waals surface area contributed by atoms with Crippen LogP contribution in [0.25, 0.3) is 0 Å². The third kappa shape index (κ3) is 6.35. The number of carbonyl (C=O) groups is 2. The number of aliphatic hydroxyl groups excluding tert-OH is 1. The minimum absolute atomic E-state index is 0.0628. The molecule has 2 amide bonds. The van der Waals surface area contributed by atoms with Gasteiger partial charge in [-0.05, 0) is 42.7 Å². The molecule has 1 heterocycles. The second-order valence-electron chi connectivity index (χ2n) is 5.25. The summed E-state index contributed by atoms with van der Waals surface area (Å²) in [5.41, 5.74) is 2.90. The zero-order valence-corrected chi connectivity index (χ0v) is 13.2. The Morgan fingerprint density at radius 3 is 2.79 bits per heavy atom. The molecule has 0 saturated carbocycles. The maximum atomic E-state index is 11.7. The van der Waals surface area contributed by atoms with Crippen LogP contribution in [0.3, 0.4) is 0 Å². The molecule has 1 aliphatic rings. The summed E-state index contributed by atoms with van der Waals surface area (Å²) in [5, 5.41) is 15.0. The third-order valence-electron chi connectivity index (χ3n) is 3.35. The number of benzene rings is 1. The minimum Gasteiger partial charge on any atom is -0.484 e. The van der Waals surface area contributed by atoms with Crippen molar-refractivity contribution in [2.75, 3.05) is 26.4 Å². The summed E-state index contributed by atoms with van der Waals surface area (Å²) in [4.78, 5) is 22.5. The lowest BCUT2D eigenvalue weighted by atomic mass is 10.2. The topological polar surface area (TPSA) is 109 Å². The van der Waals surface area contributed by atoms with Gasteiger partial charge in [0, 0.05) is 13.2 Å². The normalized spacial score (nSPS) is 17.0. The molecule has 1 aromatic carbocycles. The monoisotopic (exact) mass is 335 g/mol. The fourth-order valence-corrected chi connectivity index (χ4v) is 2.10. The Morgan fingerprint density at radius 1 is 1.33 bits per heavy atom. The average Bonchev–Trinajstić information content (AvgIpc) is 3.12. The van der Waals surface area contributed by atoms with Crippen LogP contribution < -0.4 is 15.5 Å². The van der Waals surface area contributed by atoms with Gasteiger partial charge in [-0.2, -0.15) is 5.10 Å². The number of hydrogen-bond donors (Lipinski definition) is 3. The molecule has 130 valence electrons. The summed E-state index contributed by atoms with van der Waals surface area (Å²) in [7, 11) is 0. The standard InChI is InChI=1S/C16H21N3O5/c20-10-15(21)19-18-8-12-3-5-13(6-4-12)24-11-16(22)17-9-14-2-1-7-23-14/h3-6,8,14,20H,1-2,7,9-11H2,(H,17,22)(H,19,21)/b18-8-/t14-/m0/s1. The minimum atomic E-state index is -0.612. The molecule has 1 atom stereocenters. The molecule has 0 unspecified atom stereocenters. The van der Waals surface area contributed by atoms with Gasteiger partial charge < -0.3 is 19.9 Å². The number of ether oxygens (including phenoxy) is 2. The summed E-state index contributed by atoms with van der Waals surface area (Å²) in [6.45, 7) is 0.597. The highest BCUT2D eigenvalue weighted by atomic mass is 16.5. The van der Waals surface area contributed by atoms with E-state index in [0.717, 1.165) is 25.0 Å². The second-order valence-corrected chi connectivity index (χ2v) is 5.25. The lowest BCUT2D eigenvalue weighted by Gasteiger charge is -2.11. The van der Waals surface area contributed by atoms with Crippen LogP contribution in [0.15, 0.2) is 29.4 Å². The van der Waals surface area contributed by atoms with Crippen LogP contribution in [0.5, 0.6) is 5.75 Å². The van der Waals surface area contributed by atoms with Gasteiger partial charge in [0.05, 0.1) is 12.3 Å². The molecule has 8 nitrogen and oxygen atoms in total. The van der Waals surface area contributed by atoms with Crippen LogP contribution in [-0.4, -0.2) is 55.6 Å². The lowest BCUT2D eigenvalue weighted by Crippen LogP contribution is -2.35. The molecule has 8 heteroatoms. The number of hydrazone groups is 1. The van der Waals surface area contributed by atoms with Crippen LogP contribution in [0.2, 0.25) is 0 Å². The van der Waals surface area contributed by atoms with Gasteiger partial charge in [-0.1, -0.05) is 0 Å². The molecule has 1 aliphatic heterocycles. The van der Waals surface area contributed by atoms with Crippen LogP contribution in [-0.2, 0) is 14.3 Å². The SMILES string of the molecule is O=C(COc1ccc(/C=N\NC(=O)CO)cc1)NC[C@@H]1CCCO1. The van der Waals surface area contributed by atoms with Crippen LogP contribution in [0.4, 0.5) is 0 Å². The number of nitrogens with one attached hydrogen (secondary N) is 2. The van der Waals surface area contributed by atoms with Crippen LogP contribution >= 0.6 is 0 Å². The van der Waals surface area contributed by atoms with Crippen molar-refractivity contribution in [1.29, 1.82) is 0 Å². The van der Waals surface area contributed by atoms with Gasteiger partial charge in [0.15, 0.2) is 6.61 Å². The van der Waals surface area contributed by atoms with Crippen molar-refractivity contribution in [2.45, 2.75) is 18.9 Å². The Hall–Kier alpha value is -2.45. The lowest BCUT2D eigenvalue weighted by molar-refractivity contribution is -0.124. The Balaban J connectivity index is 1.69. The van der Waals surface area contributed by atoms with Crippen LogP contribution in [0, 0.1) is 0 Å². The van der Waals surface area contributed by atoms with Crippen molar-refractivity contribution >= 4 is 18.0 Å². The Bertz CT molecular complexity index is 568. The van der Waals surface area contributed by atoms with E-state index >= 15 is 0 Å². The average molecular weight is 335 g/mol. The Morgan fingerprint density at radius 2 is 2.12 bits per heavy atom. The number of rotatable bonds is 8. The van der Waals surface area contributed by atoms with E-state index < -0.39 is 12.5 Å². The highest BCUT2D eigenvalue weighted by Crippen LogP contribution is 2.12. The maximum absolute atomic E-state index is 11.7. The number of hydrogen-bond acceptors (Lipinski definition) is 6. The molecule has 24 heavy (non-hydrogen) atoms. The summed E-state index contributed by atoms with van der Waals surface area (Å²) >= 11 is 0. The first kappa shape index (κ1) is 17.9. The smallest absolute Gasteiger partial charge is 0.265 e. The van der Waals surface area contributed by atoms with E-state index in [1.54, 1.807) is 24.3 Å². The summed E-state index contributed by atoms with van der Waals surface area (Å²) in [6.07, 6.45) is 3.56. The van der Waals surface area contributed by atoms with Gasteiger partial charge in [-0.3, -0.25) is 9.59 Å². The van der Waals surface area contributed by atoms with Gasteiger partial charge in [-0.15, -0.1) is 0 Å². The van der Waals surface area contributed by atoms with E-state index in [4.69, 9.17) is 14.6 Å². The second kappa shape index (κ2) is 9.64. The summed E-state index contributed by atoms with van der Waals surface area (Å²) in [6, 6.07) is 6.85. The highest BCUT2D eigenvalue weighted by Gasteiger charge is 2.16. The zero-order chi connectivity index (χ0) is 17.2. The van der Waals surface area contributed by atoms with Crippen molar-refractivity contribution in [2.24, 2.45) is 5.10 Å². The van der Waals surface area contributed by atoms with Gasteiger partial charge >= 0.3 is 0 Å². The predicted molar refractivity (Wildman–Crippen MR) is 86.7 cm³/mol. The van der Waals surface area contributed by atoms with E-state index in [2.05, 4.69) is 15.8 Å². The molecule has 0 spiro atoms. The molecule has 1 aromatic rings. The molecule has 1 saturated heterocycles. The molecule has 0 bridgehead atoms. The third-order valence-corrected chi connectivity index (χ3v) is 3.35. The summed E-state index contributed by atoms with van der Waals surface area (Å²) in [5.74, 6) is -0.220. The van der Waals surface area contributed by atoms with Gasteiger partial charge in [-0.25, -0.2) is 5.43 Å². The first-order valence-electron chi connectivity index (χ1n) is 7.71. The number of aliphatic hydroxyl groups is 1. The van der Waals surface area contributed by atoms with Crippen molar-refractivity contribution in [3.05, 3.63) is 29.8 Å². The van der Waals surface area contributed by atoms with Crippen molar-refractivity contribution in [1.82, 2.24) is 10.7 Å². The van der Waals surface area contributed by atoms with Gasteiger partial charge in [0.25, 0.3) is 11.8 Å². The fraction of sp³-hybridized carbons (Fsp3) is 0.438. The zero-order valence-electron chi connectivity index (χ0n) is 13.2. The van der Waals surface area contributed by atoms with E-state index in [0.29, 0.717) is 12.3 Å². The predicted octanol–water partition coefficient (Wildman–Crippen LogP) is -0.197. The van der Waals surface area contributed by atoms with E-state index in [-0.39, 0.29) is 18.6 Å². The van der Waals surface area contributed by atoms with Gasteiger partial charge in [0.1, 0.15) is 12.4 Å². The van der Waals surface area contributed by atoms with E-state index in [9.17, 15) is 9.59 Å². The molecule has 2 rings (SSSR count). The van der Waals surface area contributed by atoms with Gasteiger partial charge in [0.2, 0.25) is 0 Å².